The number of aryl methyl sites for hydroxylation is 1. The van der Waals surface area contributed by atoms with Crippen molar-refractivity contribution in [2.24, 2.45) is 0 Å². The summed E-state index contributed by atoms with van der Waals surface area (Å²) in [6.07, 6.45) is 1.44. The van der Waals surface area contributed by atoms with Crippen LogP contribution in [0.25, 0.3) is 0 Å². The Bertz CT molecular complexity index is 419. The summed E-state index contributed by atoms with van der Waals surface area (Å²) in [4.78, 5) is 8.80. The minimum absolute atomic E-state index is 0.381. The predicted octanol–water partition coefficient (Wildman–Crippen LogP) is 1.03. The van der Waals surface area contributed by atoms with E-state index in [4.69, 9.17) is 4.74 Å². The predicted molar refractivity (Wildman–Crippen MR) is 74.4 cm³/mol. The highest BCUT2D eigenvalue weighted by Gasteiger charge is 2.32. The van der Waals surface area contributed by atoms with E-state index in [0.29, 0.717) is 26.2 Å². The van der Waals surface area contributed by atoms with Crippen LogP contribution in [0.3, 0.4) is 0 Å². The van der Waals surface area contributed by atoms with Gasteiger partial charge in [-0.15, -0.1) is 0 Å². The summed E-state index contributed by atoms with van der Waals surface area (Å²) in [6.45, 7) is 6.30. The van der Waals surface area contributed by atoms with Crippen molar-refractivity contribution in [3.05, 3.63) is 11.9 Å². The van der Waals surface area contributed by atoms with Crippen LogP contribution in [-0.2, 0) is 11.2 Å². The number of ether oxygens (including phenoxy) is 1. The molecule has 0 spiro atoms. The molecule has 1 aliphatic heterocycles. The maximum absolute atomic E-state index is 10.2. The number of aromatic nitrogens is 2. The minimum atomic E-state index is -0.782. The molecule has 0 radical (unpaired) electrons. The van der Waals surface area contributed by atoms with Crippen LogP contribution in [0.5, 0.6) is 0 Å². The highest BCUT2D eigenvalue weighted by atomic mass is 16.5. The van der Waals surface area contributed by atoms with Gasteiger partial charge in [0.2, 0.25) is 0 Å². The van der Waals surface area contributed by atoms with Gasteiger partial charge < -0.3 is 20.5 Å². The molecular formula is C13H22N4O2. The lowest BCUT2D eigenvalue weighted by Crippen LogP contribution is -2.37. The Morgan fingerprint density at radius 1 is 1.32 bits per heavy atom. The maximum atomic E-state index is 10.2. The molecule has 19 heavy (non-hydrogen) atoms. The molecule has 106 valence electrons. The molecule has 1 atom stereocenters. The number of rotatable bonds is 6. The number of nitrogens with one attached hydrogen (secondary N) is 2. The van der Waals surface area contributed by atoms with Crippen molar-refractivity contribution in [2.45, 2.75) is 32.3 Å². The molecule has 1 unspecified atom stereocenters. The van der Waals surface area contributed by atoms with E-state index in [-0.39, 0.29) is 0 Å². The zero-order valence-electron chi connectivity index (χ0n) is 11.6. The van der Waals surface area contributed by atoms with Crippen LogP contribution in [0.15, 0.2) is 6.07 Å². The van der Waals surface area contributed by atoms with Gasteiger partial charge >= 0.3 is 0 Å². The van der Waals surface area contributed by atoms with Gasteiger partial charge in [-0.3, -0.25) is 0 Å². The first-order valence-corrected chi connectivity index (χ1v) is 6.81. The molecule has 2 heterocycles. The van der Waals surface area contributed by atoms with E-state index in [1.165, 1.54) is 0 Å². The fourth-order valence-electron chi connectivity index (χ4n) is 2.01. The third-order valence-electron chi connectivity index (χ3n) is 3.13. The molecule has 0 aromatic carbocycles. The van der Waals surface area contributed by atoms with Crippen LogP contribution in [0.4, 0.5) is 11.6 Å². The lowest BCUT2D eigenvalue weighted by Gasteiger charge is -2.21. The number of nitrogens with zero attached hydrogens (tertiary/aromatic N) is 2. The highest BCUT2D eigenvalue weighted by molar-refractivity contribution is 5.47. The van der Waals surface area contributed by atoms with E-state index >= 15 is 0 Å². The summed E-state index contributed by atoms with van der Waals surface area (Å²) >= 11 is 0. The first-order valence-electron chi connectivity index (χ1n) is 6.81. The van der Waals surface area contributed by atoms with Crippen LogP contribution >= 0.6 is 0 Å². The van der Waals surface area contributed by atoms with Crippen molar-refractivity contribution in [1.82, 2.24) is 9.97 Å². The molecule has 3 N–H and O–H groups in total. The lowest BCUT2D eigenvalue weighted by atomic mass is 10.0. The second kappa shape index (κ2) is 6.16. The summed E-state index contributed by atoms with van der Waals surface area (Å²) in [5.74, 6) is 2.34. The zero-order chi connectivity index (χ0) is 13.7. The van der Waals surface area contributed by atoms with Gasteiger partial charge in [-0.05, 0) is 6.92 Å². The topological polar surface area (TPSA) is 79.3 Å². The first kappa shape index (κ1) is 14.0. The molecule has 1 aromatic heterocycles. The second-order valence-corrected chi connectivity index (χ2v) is 4.82. The Morgan fingerprint density at radius 3 is 2.63 bits per heavy atom. The first-order chi connectivity index (χ1) is 9.15. The second-order valence-electron chi connectivity index (χ2n) is 4.82. The van der Waals surface area contributed by atoms with E-state index in [2.05, 4.69) is 20.6 Å². The number of hydrogen-bond donors (Lipinski definition) is 3. The Balaban J connectivity index is 2.04. The van der Waals surface area contributed by atoms with Crippen LogP contribution in [0, 0.1) is 0 Å². The molecule has 0 saturated carbocycles. The lowest BCUT2D eigenvalue weighted by molar-refractivity contribution is 0.0381. The van der Waals surface area contributed by atoms with Gasteiger partial charge in [-0.25, -0.2) is 9.97 Å². The standard InChI is InChI=1S/C13H22N4O2/c1-3-10-16-11(14-4-2)7-12(17-10)15-8-13(18)5-6-19-9-13/h7,18H,3-6,8-9H2,1-2H3,(H2,14,15,16,17). The normalized spacial score (nSPS) is 22.5. The molecule has 1 saturated heterocycles. The highest BCUT2D eigenvalue weighted by Crippen LogP contribution is 2.19. The molecule has 0 amide bonds. The van der Waals surface area contributed by atoms with Crippen LogP contribution < -0.4 is 10.6 Å². The quantitative estimate of drug-likeness (QED) is 0.714. The van der Waals surface area contributed by atoms with Gasteiger partial charge in [0.05, 0.1) is 6.61 Å². The fraction of sp³-hybridized carbons (Fsp3) is 0.692. The molecule has 1 fully saturated rings. The molecule has 6 heteroatoms. The number of anilines is 2. The van der Waals surface area contributed by atoms with Crippen molar-refractivity contribution < 1.29 is 9.84 Å². The average molecular weight is 266 g/mol. The van der Waals surface area contributed by atoms with Crippen molar-refractivity contribution in [2.75, 3.05) is 36.9 Å². The summed E-state index contributed by atoms with van der Waals surface area (Å²) in [5, 5.41) is 16.6. The van der Waals surface area contributed by atoms with Crippen molar-refractivity contribution >= 4 is 11.6 Å². The van der Waals surface area contributed by atoms with Gasteiger partial charge in [-0.1, -0.05) is 6.92 Å². The van der Waals surface area contributed by atoms with Crippen molar-refractivity contribution in [3.63, 3.8) is 0 Å². The fourth-order valence-corrected chi connectivity index (χ4v) is 2.01. The Kier molecular flexibility index (Phi) is 4.55. The SMILES string of the molecule is CCNc1cc(NCC2(O)CCOC2)nc(CC)n1. The van der Waals surface area contributed by atoms with Crippen LogP contribution in [0.2, 0.25) is 0 Å². The van der Waals surface area contributed by atoms with Crippen LogP contribution in [0.1, 0.15) is 26.1 Å². The van der Waals surface area contributed by atoms with Crippen molar-refractivity contribution in [3.8, 4) is 0 Å². The van der Waals surface area contributed by atoms with Crippen LogP contribution in [-0.4, -0.2) is 47.0 Å². The van der Waals surface area contributed by atoms with Gasteiger partial charge in [0.1, 0.15) is 23.1 Å². The molecule has 1 aliphatic rings. The molecular weight excluding hydrogens is 244 g/mol. The average Bonchev–Trinajstić information content (AvgIpc) is 2.84. The Hall–Kier alpha value is -1.40. The van der Waals surface area contributed by atoms with E-state index in [9.17, 15) is 5.11 Å². The summed E-state index contributed by atoms with van der Waals surface area (Å²) in [6, 6.07) is 1.86. The van der Waals surface area contributed by atoms with E-state index < -0.39 is 5.60 Å². The maximum Gasteiger partial charge on any atom is 0.132 e. The Morgan fingerprint density at radius 2 is 2.05 bits per heavy atom. The van der Waals surface area contributed by atoms with E-state index in [1.807, 2.05) is 19.9 Å². The van der Waals surface area contributed by atoms with Gasteiger partial charge in [0.25, 0.3) is 0 Å². The molecule has 0 aliphatic carbocycles. The summed E-state index contributed by atoms with van der Waals surface area (Å²) < 4.78 is 5.22. The zero-order valence-corrected chi connectivity index (χ0v) is 11.6. The van der Waals surface area contributed by atoms with E-state index in [1.54, 1.807) is 0 Å². The van der Waals surface area contributed by atoms with Crippen molar-refractivity contribution in [1.29, 1.82) is 0 Å². The number of hydrogen-bond acceptors (Lipinski definition) is 6. The third-order valence-corrected chi connectivity index (χ3v) is 3.13. The smallest absolute Gasteiger partial charge is 0.132 e. The van der Waals surface area contributed by atoms with Gasteiger partial charge in [0, 0.05) is 38.6 Å². The monoisotopic (exact) mass is 266 g/mol. The van der Waals surface area contributed by atoms with Gasteiger partial charge in [-0.2, -0.15) is 0 Å². The third kappa shape index (κ3) is 3.78. The largest absolute Gasteiger partial charge is 0.386 e. The van der Waals surface area contributed by atoms with Gasteiger partial charge in [0.15, 0.2) is 0 Å². The molecule has 0 bridgehead atoms. The Labute approximate surface area is 113 Å². The minimum Gasteiger partial charge on any atom is -0.386 e. The van der Waals surface area contributed by atoms with E-state index in [0.717, 1.165) is 30.4 Å². The summed E-state index contributed by atoms with van der Waals surface area (Å²) in [5.41, 5.74) is -0.782. The molecule has 6 nitrogen and oxygen atoms in total. The molecule has 2 rings (SSSR count). The molecule has 1 aromatic rings. The number of aliphatic hydroxyl groups is 1. The summed E-state index contributed by atoms with van der Waals surface area (Å²) in [7, 11) is 0.